The normalized spacial score (nSPS) is 15.8. The summed E-state index contributed by atoms with van der Waals surface area (Å²) in [4.78, 5) is 16.4. The van der Waals surface area contributed by atoms with Crippen molar-refractivity contribution in [2.75, 3.05) is 32.0 Å². The zero-order valence-corrected chi connectivity index (χ0v) is 10.0. The molecule has 0 unspecified atom stereocenters. The molecular weight excluding hydrogens is 236 g/mol. The fourth-order valence-electron chi connectivity index (χ4n) is 1.97. The summed E-state index contributed by atoms with van der Waals surface area (Å²) in [5.41, 5.74) is 5.35. The molecular formula is C11H16N4O3. The molecule has 0 amide bonds. The maximum absolute atomic E-state index is 10.8. The number of hydrogen-bond donors (Lipinski definition) is 1. The Balaban J connectivity index is 1.94. The van der Waals surface area contributed by atoms with Crippen molar-refractivity contribution in [2.24, 2.45) is 0 Å². The van der Waals surface area contributed by atoms with Gasteiger partial charge >= 0.3 is 5.69 Å². The Morgan fingerprint density at radius 3 is 2.83 bits per heavy atom. The van der Waals surface area contributed by atoms with E-state index in [1.54, 1.807) is 0 Å². The molecule has 7 heteroatoms. The van der Waals surface area contributed by atoms with Gasteiger partial charge in [-0.1, -0.05) is 0 Å². The topological polar surface area (TPSA) is 94.5 Å². The predicted molar refractivity (Wildman–Crippen MR) is 66.5 cm³/mol. The first-order valence-electron chi connectivity index (χ1n) is 5.93. The van der Waals surface area contributed by atoms with Crippen LogP contribution in [0.4, 0.5) is 11.5 Å². The SMILES string of the molecule is Nc1ccc([N+](=O)[O-])c(OCCN2CCCC2)n1. The molecule has 0 spiro atoms. The molecule has 0 radical (unpaired) electrons. The highest BCUT2D eigenvalue weighted by molar-refractivity contribution is 5.46. The van der Waals surface area contributed by atoms with Crippen LogP contribution in [0.25, 0.3) is 0 Å². The van der Waals surface area contributed by atoms with Crippen molar-refractivity contribution in [1.82, 2.24) is 9.88 Å². The minimum atomic E-state index is -0.516. The highest BCUT2D eigenvalue weighted by Crippen LogP contribution is 2.25. The summed E-state index contributed by atoms with van der Waals surface area (Å²) in [5.74, 6) is 0.218. The third-order valence-corrected chi connectivity index (χ3v) is 2.90. The highest BCUT2D eigenvalue weighted by Gasteiger charge is 2.18. The largest absolute Gasteiger partial charge is 0.471 e. The van der Waals surface area contributed by atoms with E-state index < -0.39 is 4.92 Å². The number of nitro groups is 1. The zero-order chi connectivity index (χ0) is 13.0. The maximum Gasteiger partial charge on any atom is 0.331 e. The van der Waals surface area contributed by atoms with Gasteiger partial charge in [-0.25, -0.2) is 0 Å². The molecule has 0 aliphatic carbocycles. The van der Waals surface area contributed by atoms with Crippen molar-refractivity contribution in [3.05, 3.63) is 22.2 Å². The first-order chi connectivity index (χ1) is 8.66. The molecule has 2 rings (SSSR count). The van der Waals surface area contributed by atoms with Crippen molar-refractivity contribution in [1.29, 1.82) is 0 Å². The van der Waals surface area contributed by atoms with Crippen LogP contribution in [-0.4, -0.2) is 41.0 Å². The number of nitrogens with two attached hydrogens (primary N) is 1. The van der Waals surface area contributed by atoms with E-state index in [4.69, 9.17) is 10.5 Å². The Morgan fingerprint density at radius 2 is 2.17 bits per heavy atom. The smallest absolute Gasteiger partial charge is 0.331 e. The van der Waals surface area contributed by atoms with Crippen LogP contribution < -0.4 is 10.5 Å². The van der Waals surface area contributed by atoms with Crippen molar-refractivity contribution < 1.29 is 9.66 Å². The van der Waals surface area contributed by atoms with E-state index in [2.05, 4.69) is 9.88 Å². The average molecular weight is 252 g/mol. The Labute approximate surface area is 105 Å². The van der Waals surface area contributed by atoms with Gasteiger partial charge in [0, 0.05) is 12.6 Å². The lowest BCUT2D eigenvalue weighted by atomic mass is 10.4. The highest BCUT2D eigenvalue weighted by atomic mass is 16.6. The van der Waals surface area contributed by atoms with Crippen LogP contribution in [0.3, 0.4) is 0 Å². The van der Waals surface area contributed by atoms with Crippen LogP contribution in [0, 0.1) is 10.1 Å². The van der Waals surface area contributed by atoms with E-state index in [-0.39, 0.29) is 17.4 Å². The van der Waals surface area contributed by atoms with E-state index in [0.717, 1.165) is 19.6 Å². The molecule has 0 bridgehead atoms. The monoisotopic (exact) mass is 252 g/mol. The summed E-state index contributed by atoms with van der Waals surface area (Å²) in [5, 5.41) is 10.8. The van der Waals surface area contributed by atoms with Crippen molar-refractivity contribution in [3.63, 3.8) is 0 Å². The van der Waals surface area contributed by atoms with Crippen LogP contribution in [-0.2, 0) is 0 Å². The van der Waals surface area contributed by atoms with Crippen LogP contribution >= 0.6 is 0 Å². The molecule has 18 heavy (non-hydrogen) atoms. The van der Waals surface area contributed by atoms with Gasteiger partial charge in [0.05, 0.1) is 4.92 Å². The first kappa shape index (κ1) is 12.6. The number of nitrogen functional groups attached to an aromatic ring is 1. The van der Waals surface area contributed by atoms with E-state index in [1.807, 2.05) is 0 Å². The third kappa shape index (κ3) is 3.07. The number of rotatable bonds is 5. The van der Waals surface area contributed by atoms with E-state index in [9.17, 15) is 10.1 Å². The summed E-state index contributed by atoms with van der Waals surface area (Å²) >= 11 is 0. The standard InChI is InChI=1S/C11H16N4O3/c12-10-4-3-9(15(16)17)11(13-10)18-8-7-14-5-1-2-6-14/h3-4H,1-2,5-8H2,(H2,12,13). The van der Waals surface area contributed by atoms with Crippen molar-refractivity contribution >= 4 is 11.5 Å². The first-order valence-corrected chi connectivity index (χ1v) is 5.93. The van der Waals surface area contributed by atoms with Gasteiger partial charge in [0.15, 0.2) is 0 Å². The molecule has 98 valence electrons. The Bertz CT molecular complexity index is 432. The number of ether oxygens (including phenoxy) is 1. The summed E-state index contributed by atoms with van der Waals surface area (Å²) in [6.07, 6.45) is 2.41. The lowest BCUT2D eigenvalue weighted by Gasteiger charge is -2.14. The van der Waals surface area contributed by atoms with Crippen molar-refractivity contribution in [2.45, 2.75) is 12.8 Å². The average Bonchev–Trinajstić information content (AvgIpc) is 2.82. The lowest BCUT2D eigenvalue weighted by Crippen LogP contribution is -2.25. The van der Waals surface area contributed by atoms with E-state index in [1.165, 1.54) is 25.0 Å². The van der Waals surface area contributed by atoms with Crippen LogP contribution in [0.1, 0.15) is 12.8 Å². The molecule has 1 saturated heterocycles. The lowest BCUT2D eigenvalue weighted by molar-refractivity contribution is -0.386. The van der Waals surface area contributed by atoms with Gasteiger partial charge in [-0.15, -0.1) is 0 Å². The second kappa shape index (κ2) is 5.63. The summed E-state index contributed by atoms with van der Waals surface area (Å²) < 4.78 is 5.37. The number of likely N-dealkylation sites (tertiary alicyclic amines) is 1. The summed E-state index contributed by atoms with van der Waals surface area (Å²) in [7, 11) is 0. The number of nitrogens with zero attached hydrogens (tertiary/aromatic N) is 3. The van der Waals surface area contributed by atoms with Crippen LogP contribution in [0.15, 0.2) is 12.1 Å². The molecule has 2 heterocycles. The minimum Gasteiger partial charge on any atom is -0.471 e. The van der Waals surface area contributed by atoms with Gasteiger partial charge in [0.2, 0.25) is 0 Å². The molecule has 1 aromatic heterocycles. The van der Waals surface area contributed by atoms with Crippen LogP contribution in [0.5, 0.6) is 5.88 Å². The van der Waals surface area contributed by atoms with Gasteiger partial charge < -0.3 is 10.5 Å². The summed E-state index contributed by atoms with van der Waals surface area (Å²) in [6, 6.07) is 2.71. The van der Waals surface area contributed by atoms with Gasteiger partial charge in [-0.3, -0.25) is 15.0 Å². The van der Waals surface area contributed by atoms with Gasteiger partial charge in [0.1, 0.15) is 12.4 Å². The predicted octanol–water partition coefficient (Wildman–Crippen LogP) is 1.05. The van der Waals surface area contributed by atoms with E-state index in [0.29, 0.717) is 6.61 Å². The van der Waals surface area contributed by atoms with Crippen LogP contribution in [0.2, 0.25) is 0 Å². The third-order valence-electron chi connectivity index (χ3n) is 2.90. The summed E-state index contributed by atoms with van der Waals surface area (Å²) in [6.45, 7) is 3.27. The Morgan fingerprint density at radius 1 is 1.44 bits per heavy atom. The Kier molecular flexibility index (Phi) is 3.93. The maximum atomic E-state index is 10.8. The quantitative estimate of drug-likeness (QED) is 0.621. The second-order valence-corrected chi connectivity index (χ2v) is 4.21. The molecule has 1 aliphatic heterocycles. The Hall–Kier alpha value is -1.89. The molecule has 1 aliphatic rings. The molecule has 1 fully saturated rings. The molecule has 7 nitrogen and oxygen atoms in total. The number of anilines is 1. The fraction of sp³-hybridized carbons (Fsp3) is 0.545. The fourth-order valence-corrected chi connectivity index (χ4v) is 1.97. The number of hydrogen-bond acceptors (Lipinski definition) is 6. The molecule has 0 atom stereocenters. The number of aromatic nitrogens is 1. The van der Waals surface area contributed by atoms with Gasteiger partial charge in [-0.2, -0.15) is 4.98 Å². The van der Waals surface area contributed by atoms with Gasteiger partial charge in [0.25, 0.3) is 5.88 Å². The second-order valence-electron chi connectivity index (χ2n) is 4.21. The van der Waals surface area contributed by atoms with E-state index >= 15 is 0 Å². The zero-order valence-electron chi connectivity index (χ0n) is 10.0. The minimum absolute atomic E-state index is 0.000744. The molecule has 0 aromatic carbocycles. The molecule has 0 saturated carbocycles. The molecule has 1 aromatic rings. The van der Waals surface area contributed by atoms with Gasteiger partial charge in [-0.05, 0) is 32.0 Å². The molecule has 2 N–H and O–H groups in total. The van der Waals surface area contributed by atoms with Crippen molar-refractivity contribution in [3.8, 4) is 5.88 Å². The number of pyridine rings is 1.